The van der Waals surface area contributed by atoms with Crippen LogP contribution < -0.4 is 10.1 Å². The molecule has 1 aromatic carbocycles. The molecule has 25 heavy (non-hydrogen) atoms. The molecule has 0 unspecified atom stereocenters. The zero-order valence-corrected chi connectivity index (χ0v) is 15.1. The fourth-order valence-corrected chi connectivity index (χ4v) is 2.58. The highest BCUT2D eigenvalue weighted by molar-refractivity contribution is 5.96. The second kappa shape index (κ2) is 8.65. The van der Waals surface area contributed by atoms with E-state index in [1.165, 1.54) is 26.7 Å². The Morgan fingerprint density at radius 1 is 1.24 bits per heavy atom. The van der Waals surface area contributed by atoms with E-state index < -0.39 is 0 Å². The van der Waals surface area contributed by atoms with E-state index in [-0.39, 0.29) is 24.2 Å². The van der Waals surface area contributed by atoms with E-state index in [4.69, 9.17) is 4.74 Å². The van der Waals surface area contributed by atoms with Crippen LogP contribution in [-0.4, -0.2) is 42.2 Å². The van der Waals surface area contributed by atoms with Crippen LogP contribution in [0.5, 0.6) is 5.75 Å². The molecule has 1 aliphatic carbocycles. The van der Waals surface area contributed by atoms with Gasteiger partial charge in [0.05, 0.1) is 5.69 Å². The first-order chi connectivity index (χ1) is 11.9. The summed E-state index contributed by atoms with van der Waals surface area (Å²) in [5.41, 5.74) is 0.925. The Labute approximate surface area is 148 Å². The first-order valence-electron chi connectivity index (χ1n) is 8.73. The van der Waals surface area contributed by atoms with Gasteiger partial charge in [-0.2, -0.15) is 0 Å². The highest BCUT2D eigenvalue weighted by Gasteiger charge is 2.26. The van der Waals surface area contributed by atoms with Crippen LogP contribution in [0.2, 0.25) is 0 Å². The third-order valence-corrected chi connectivity index (χ3v) is 4.07. The maximum atomic E-state index is 12.5. The number of benzene rings is 1. The summed E-state index contributed by atoms with van der Waals surface area (Å²) >= 11 is 0. The summed E-state index contributed by atoms with van der Waals surface area (Å²) in [7, 11) is 0. The standard InChI is InChI=1S/C19H26N2O4/c1-4-9-21(11-15-5-6-15)19(24)12-25-18-10-16(13(2)22)7-8-17(18)20-14(3)23/h7-8,10,15H,4-6,9,11-12H2,1-3H3,(H,20,23). The van der Waals surface area contributed by atoms with Crippen molar-refractivity contribution in [2.45, 2.75) is 40.0 Å². The minimum absolute atomic E-state index is 0.0734. The molecule has 6 heteroatoms. The number of nitrogens with zero attached hydrogens (tertiary/aromatic N) is 1. The summed E-state index contributed by atoms with van der Waals surface area (Å²) in [6.45, 7) is 6.28. The van der Waals surface area contributed by atoms with Gasteiger partial charge in [0.15, 0.2) is 12.4 Å². The Balaban J connectivity index is 2.07. The molecule has 2 amide bonds. The minimum atomic E-state index is -0.243. The van der Waals surface area contributed by atoms with E-state index in [1.807, 2.05) is 11.8 Å². The molecule has 1 N–H and O–H groups in total. The molecule has 0 radical (unpaired) electrons. The maximum absolute atomic E-state index is 12.5. The van der Waals surface area contributed by atoms with Gasteiger partial charge >= 0.3 is 0 Å². The number of hydrogen-bond donors (Lipinski definition) is 1. The van der Waals surface area contributed by atoms with Crippen LogP contribution in [0.1, 0.15) is 50.4 Å². The van der Waals surface area contributed by atoms with Gasteiger partial charge in [-0.3, -0.25) is 14.4 Å². The molecule has 0 heterocycles. The lowest BCUT2D eigenvalue weighted by atomic mass is 10.1. The third-order valence-electron chi connectivity index (χ3n) is 4.07. The number of carbonyl (C=O) groups is 3. The molecule has 0 aromatic heterocycles. The second-order valence-corrected chi connectivity index (χ2v) is 6.52. The maximum Gasteiger partial charge on any atom is 0.260 e. The lowest BCUT2D eigenvalue weighted by Crippen LogP contribution is -2.37. The predicted molar refractivity (Wildman–Crippen MR) is 95.8 cm³/mol. The van der Waals surface area contributed by atoms with Gasteiger partial charge < -0.3 is 15.0 Å². The van der Waals surface area contributed by atoms with Gasteiger partial charge in [-0.1, -0.05) is 6.92 Å². The third kappa shape index (κ3) is 5.89. The molecule has 0 bridgehead atoms. The summed E-state index contributed by atoms with van der Waals surface area (Å²) < 4.78 is 5.66. The zero-order chi connectivity index (χ0) is 18.4. The average Bonchev–Trinajstić information content (AvgIpc) is 3.36. The molecule has 1 fully saturated rings. The molecule has 0 atom stereocenters. The van der Waals surface area contributed by atoms with Crippen LogP contribution in [0.3, 0.4) is 0 Å². The van der Waals surface area contributed by atoms with Gasteiger partial charge in [-0.05, 0) is 50.3 Å². The highest BCUT2D eigenvalue weighted by Crippen LogP contribution is 2.30. The van der Waals surface area contributed by atoms with Crippen LogP contribution in [0.25, 0.3) is 0 Å². The lowest BCUT2D eigenvalue weighted by Gasteiger charge is -2.22. The number of carbonyl (C=O) groups excluding carboxylic acids is 3. The quantitative estimate of drug-likeness (QED) is 0.698. The number of rotatable bonds is 9. The van der Waals surface area contributed by atoms with Crippen molar-refractivity contribution in [1.29, 1.82) is 0 Å². The number of ketones is 1. The second-order valence-electron chi connectivity index (χ2n) is 6.52. The molecular formula is C19H26N2O4. The predicted octanol–water partition coefficient (Wildman–Crippen LogP) is 2.88. The van der Waals surface area contributed by atoms with Crippen molar-refractivity contribution in [3.05, 3.63) is 23.8 Å². The van der Waals surface area contributed by atoms with E-state index in [9.17, 15) is 14.4 Å². The van der Waals surface area contributed by atoms with Gasteiger partial charge in [0, 0.05) is 25.6 Å². The van der Waals surface area contributed by atoms with Crippen molar-refractivity contribution in [3.63, 3.8) is 0 Å². The van der Waals surface area contributed by atoms with Gasteiger partial charge in [0.25, 0.3) is 5.91 Å². The number of Topliss-reactive ketones (excluding diaryl/α,β-unsaturated/α-hetero) is 1. The van der Waals surface area contributed by atoms with Crippen molar-refractivity contribution < 1.29 is 19.1 Å². The number of anilines is 1. The zero-order valence-electron chi connectivity index (χ0n) is 15.1. The molecule has 1 saturated carbocycles. The molecule has 2 rings (SSSR count). The minimum Gasteiger partial charge on any atom is -0.482 e. The normalized spacial score (nSPS) is 13.2. The molecule has 0 spiro atoms. The summed E-state index contributed by atoms with van der Waals surface area (Å²) in [4.78, 5) is 37.2. The lowest BCUT2D eigenvalue weighted by molar-refractivity contribution is -0.133. The van der Waals surface area contributed by atoms with Crippen LogP contribution in [0, 0.1) is 5.92 Å². The Kier molecular flexibility index (Phi) is 6.56. The molecule has 0 saturated heterocycles. The first-order valence-corrected chi connectivity index (χ1v) is 8.73. The van der Waals surface area contributed by atoms with Crippen LogP contribution in [0.4, 0.5) is 5.69 Å². The largest absolute Gasteiger partial charge is 0.482 e. The topological polar surface area (TPSA) is 75.7 Å². The van der Waals surface area contributed by atoms with Crippen LogP contribution in [0.15, 0.2) is 18.2 Å². The monoisotopic (exact) mass is 346 g/mol. The van der Waals surface area contributed by atoms with Gasteiger partial charge in [-0.15, -0.1) is 0 Å². The average molecular weight is 346 g/mol. The number of nitrogens with one attached hydrogen (secondary N) is 1. The van der Waals surface area contributed by atoms with Crippen LogP contribution in [-0.2, 0) is 9.59 Å². The van der Waals surface area contributed by atoms with E-state index in [1.54, 1.807) is 18.2 Å². The molecule has 136 valence electrons. The molecule has 6 nitrogen and oxygen atoms in total. The van der Waals surface area contributed by atoms with E-state index in [0.717, 1.165) is 13.0 Å². The summed E-state index contributed by atoms with van der Waals surface area (Å²) in [6.07, 6.45) is 3.26. The summed E-state index contributed by atoms with van der Waals surface area (Å²) in [6, 6.07) is 4.80. The van der Waals surface area contributed by atoms with Crippen molar-refractivity contribution in [3.8, 4) is 5.75 Å². The molecule has 1 aromatic rings. The van der Waals surface area contributed by atoms with E-state index >= 15 is 0 Å². The van der Waals surface area contributed by atoms with Crippen molar-refractivity contribution in [2.75, 3.05) is 25.0 Å². The van der Waals surface area contributed by atoms with E-state index in [0.29, 0.717) is 29.5 Å². The number of hydrogen-bond acceptors (Lipinski definition) is 4. The van der Waals surface area contributed by atoms with Crippen molar-refractivity contribution in [2.24, 2.45) is 5.92 Å². The summed E-state index contributed by atoms with van der Waals surface area (Å²) in [5.74, 6) is 0.529. The van der Waals surface area contributed by atoms with Crippen molar-refractivity contribution in [1.82, 2.24) is 4.90 Å². The molecule has 1 aliphatic rings. The summed E-state index contributed by atoms with van der Waals surface area (Å²) in [5, 5.41) is 2.66. The highest BCUT2D eigenvalue weighted by atomic mass is 16.5. The molecule has 0 aliphatic heterocycles. The SMILES string of the molecule is CCCN(CC1CC1)C(=O)COc1cc(C(C)=O)ccc1NC(C)=O. The van der Waals surface area contributed by atoms with Gasteiger partial charge in [0.2, 0.25) is 5.91 Å². The Bertz CT molecular complexity index is 653. The fraction of sp³-hybridized carbons (Fsp3) is 0.526. The van der Waals surface area contributed by atoms with E-state index in [2.05, 4.69) is 5.32 Å². The van der Waals surface area contributed by atoms with Gasteiger partial charge in [-0.25, -0.2) is 0 Å². The number of ether oxygens (including phenoxy) is 1. The van der Waals surface area contributed by atoms with Gasteiger partial charge in [0.1, 0.15) is 5.75 Å². The van der Waals surface area contributed by atoms with Crippen LogP contribution >= 0.6 is 0 Å². The molecular weight excluding hydrogens is 320 g/mol. The first kappa shape index (κ1) is 19.0. The number of amides is 2. The Morgan fingerprint density at radius 2 is 1.96 bits per heavy atom. The van der Waals surface area contributed by atoms with Crippen molar-refractivity contribution >= 4 is 23.3 Å². The smallest absolute Gasteiger partial charge is 0.260 e. The fourth-order valence-electron chi connectivity index (χ4n) is 2.58. The Morgan fingerprint density at radius 3 is 2.52 bits per heavy atom. The Hall–Kier alpha value is -2.37.